The van der Waals surface area contributed by atoms with Crippen LogP contribution in [0.1, 0.15) is 30.5 Å². The van der Waals surface area contributed by atoms with Gasteiger partial charge in [-0.05, 0) is 43.4 Å². The quantitative estimate of drug-likeness (QED) is 0.889. The molecule has 0 spiro atoms. The van der Waals surface area contributed by atoms with E-state index in [4.69, 9.17) is 10.5 Å². The second-order valence-corrected chi connectivity index (χ2v) is 5.82. The smallest absolute Gasteiger partial charge is 0.252 e. The number of hydrogen-bond acceptors (Lipinski definition) is 3. The average molecular weight is 274 g/mol. The Labute approximate surface area is 119 Å². The average Bonchev–Trinajstić information content (AvgIpc) is 2.96. The van der Waals surface area contributed by atoms with Gasteiger partial charge in [0.2, 0.25) is 0 Å². The second-order valence-electron chi connectivity index (χ2n) is 5.82. The van der Waals surface area contributed by atoms with Crippen LogP contribution in [0.5, 0.6) is 0 Å². The molecule has 1 amide bonds. The summed E-state index contributed by atoms with van der Waals surface area (Å²) in [6.07, 6.45) is 1.40. The Morgan fingerprint density at radius 2 is 2.25 bits per heavy atom. The molecule has 20 heavy (non-hydrogen) atoms. The topological polar surface area (TPSA) is 55.6 Å². The molecule has 0 saturated carbocycles. The molecule has 0 radical (unpaired) electrons. The third-order valence-electron chi connectivity index (χ3n) is 4.57. The Morgan fingerprint density at radius 3 is 3.00 bits per heavy atom. The standard InChI is InChI=1S/C16H22N2O2/c1-11-14-5-3-2-4-13(14)6-7-18(11)16(19)15-8-12(9-17)10-20-15/h2-5,11-12,15H,6-10,17H2,1H3/t11-,12?,15-/m0/s1. The predicted octanol–water partition coefficient (Wildman–Crippen LogP) is 1.50. The van der Waals surface area contributed by atoms with Crippen LogP contribution in [0.4, 0.5) is 0 Å². The largest absolute Gasteiger partial charge is 0.368 e. The Kier molecular flexibility index (Phi) is 3.76. The van der Waals surface area contributed by atoms with Gasteiger partial charge in [-0.25, -0.2) is 0 Å². The van der Waals surface area contributed by atoms with Crippen molar-refractivity contribution >= 4 is 5.91 Å². The van der Waals surface area contributed by atoms with Crippen LogP contribution in [-0.4, -0.2) is 36.6 Å². The first-order valence-electron chi connectivity index (χ1n) is 7.40. The van der Waals surface area contributed by atoms with Crippen molar-refractivity contribution in [1.82, 2.24) is 4.90 Å². The van der Waals surface area contributed by atoms with Gasteiger partial charge in [-0.2, -0.15) is 0 Å². The minimum atomic E-state index is -0.295. The summed E-state index contributed by atoms with van der Waals surface area (Å²) in [6, 6.07) is 8.52. The maximum absolute atomic E-state index is 12.6. The number of carbonyl (C=O) groups excluding carboxylic acids is 1. The lowest BCUT2D eigenvalue weighted by molar-refractivity contribution is -0.143. The highest BCUT2D eigenvalue weighted by Gasteiger charge is 2.36. The van der Waals surface area contributed by atoms with Crippen molar-refractivity contribution in [1.29, 1.82) is 0 Å². The number of rotatable bonds is 2. The fourth-order valence-electron chi connectivity index (χ4n) is 3.29. The Morgan fingerprint density at radius 1 is 1.45 bits per heavy atom. The lowest BCUT2D eigenvalue weighted by Crippen LogP contribution is -2.44. The zero-order valence-electron chi connectivity index (χ0n) is 11.9. The molecule has 1 saturated heterocycles. The second kappa shape index (κ2) is 5.54. The van der Waals surface area contributed by atoms with Gasteiger partial charge in [0.25, 0.3) is 5.91 Å². The molecular formula is C16H22N2O2. The first-order valence-corrected chi connectivity index (χ1v) is 7.40. The molecule has 0 bridgehead atoms. The van der Waals surface area contributed by atoms with Gasteiger partial charge < -0.3 is 15.4 Å². The summed E-state index contributed by atoms with van der Waals surface area (Å²) >= 11 is 0. The summed E-state index contributed by atoms with van der Waals surface area (Å²) in [6.45, 7) is 4.10. The summed E-state index contributed by atoms with van der Waals surface area (Å²) < 4.78 is 5.64. The predicted molar refractivity (Wildman–Crippen MR) is 77.2 cm³/mol. The molecule has 1 aromatic carbocycles. The Hall–Kier alpha value is -1.39. The van der Waals surface area contributed by atoms with Crippen molar-refractivity contribution in [3.63, 3.8) is 0 Å². The van der Waals surface area contributed by atoms with E-state index < -0.39 is 0 Å². The van der Waals surface area contributed by atoms with Crippen LogP contribution in [0.25, 0.3) is 0 Å². The molecule has 0 aromatic heterocycles. The molecule has 1 aromatic rings. The van der Waals surface area contributed by atoms with E-state index >= 15 is 0 Å². The van der Waals surface area contributed by atoms with Crippen molar-refractivity contribution in [3.05, 3.63) is 35.4 Å². The number of nitrogens with zero attached hydrogens (tertiary/aromatic N) is 1. The fraction of sp³-hybridized carbons (Fsp3) is 0.562. The van der Waals surface area contributed by atoms with Gasteiger partial charge in [0, 0.05) is 6.54 Å². The SMILES string of the molecule is C[C@H]1c2ccccc2CCN1C(=O)[C@@H]1CC(CN)CO1. The molecule has 2 N–H and O–H groups in total. The fourth-order valence-corrected chi connectivity index (χ4v) is 3.29. The number of benzene rings is 1. The number of amides is 1. The maximum Gasteiger partial charge on any atom is 0.252 e. The van der Waals surface area contributed by atoms with E-state index in [9.17, 15) is 4.79 Å². The van der Waals surface area contributed by atoms with Crippen LogP contribution in [0, 0.1) is 5.92 Å². The number of ether oxygens (including phenoxy) is 1. The number of nitrogens with two attached hydrogens (primary N) is 1. The summed E-state index contributed by atoms with van der Waals surface area (Å²) in [5.74, 6) is 0.458. The van der Waals surface area contributed by atoms with E-state index in [1.54, 1.807) is 0 Å². The van der Waals surface area contributed by atoms with E-state index in [2.05, 4.69) is 25.1 Å². The van der Waals surface area contributed by atoms with E-state index in [1.807, 2.05) is 11.0 Å². The van der Waals surface area contributed by atoms with Crippen LogP contribution in [-0.2, 0) is 16.0 Å². The normalized spacial score (nSPS) is 29.3. The van der Waals surface area contributed by atoms with E-state index in [-0.39, 0.29) is 18.1 Å². The van der Waals surface area contributed by atoms with Crippen molar-refractivity contribution in [2.75, 3.05) is 19.7 Å². The molecule has 4 nitrogen and oxygen atoms in total. The third kappa shape index (κ3) is 2.34. The highest BCUT2D eigenvalue weighted by atomic mass is 16.5. The van der Waals surface area contributed by atoms with Gasteiger partial charge in [-0.15, -0.1) is 0 Å². The molecule has 2 aliphatic rings. The molecular weight excluding hydrogens is 252 g/mol. The molecule has 4 heteroatoms. The van der Waals surface area contributed by atoms with Gasteiger partial charge in [0.05, 0.1) is 12.6 Å². The van der Waals surface area contributed by atoms with Gasteiger partial charge in [-0.3, -0.25) is 4.79 Å². The van der Waals surface area contributed by atoms with Crippen LogP contribution < -0.4 is 5.73 Å². The summed E-state index contributed by atoms with van der Waals surface area (Å²) in [4.78, 5) is 14.6. The molecule has 2 heterocycles. The molecule has 1 fully saturated rings. The van der Waals surface area contributed by atoms with E-state index in [0.29, 0.717) is 19.1 Å². The van der Waals surface area contributed by atoms with Crippen LogP contribution in [0.2, 0.25) is 0 Å². The number of hydrogen-bond donors (Lipinski definition) is 1. The highest BCUT2D eigenvalue weighted by molar-refractivity contribution is 5.82. The minimum absolute atomic E-state index is 0.128. The van der Waals surface area contributed by atoms with Gasteiger partial charge >= 0.3 is 0 Å². The first kappa shape index (κ1) is 13.6. The van der Waals surface area contributed by atoms with E-state index in [1.165, 1.54) is 11.1 Å². The molecule has 3 atom stereocenters. The molecule has 1 unspecified atom stereocenters. The van der Waals surface area contributed by atoms with Gasteiger partial charge in [-0.1, -0.05) is 24.3 Å². The minimum Gasteiger partial charge on any atom is -0.368 e. The Bertz CT molecular complexity index is 503. The summed E-state index contributed by atoms with van der Waals surface area (Å²) in [5.41, 5.74) is 8.28. The van der Waals surface area contributed by atoms with Gasteiger partial charge in [0.15, 0.2) is 0 Å². The van der Waals surface area contributed by atoms with Crippen LogP contribution >= 0.6 is 0 Å². The summed E-state index contributed by atoms with van der Waals surface area (Å²) in [5, 5.41) is 0. The number of fused-ring (bicyclic) bond motifs is 1. The first-order chi connectivity index (χ1) is 9.70. The molecule has 2 aliphatic heterocycles. The monoisotopic (exact) mass is 274 g/mol. The molecule has 108 valence electrons. The highest BCUT2D eigenvalue weighted by Crippen LogP contribution is 2.31. The Balaban J connectivity index is 1.74. The van der Waals surface area contributed by atoms with Crippen molar-refractivity contribution in [3.8, 4) is 0 Å². The van der Waals surface area contributed by atoms with Crippen molar-refractivity contribution in [2.24, 2.45) is 11.7 Å². The zero-order valence-corrected chi connectivity index (χ0v) is 11.9. The lowest BCUT2D eigenvalue weighted by atomic mass is 9.93. The van der Waals surface area contributed by atoms with Crippen molar-refractivity contribution < 1.29 is 9.53 Å². The van der Waals surface area contributed by atoms with Crippen LogP contribution in [0.3, 0.4) is 0 Å². The van der Waals surface area contributed by atoms with Crippen molar-refractivity contribution in [2.45, 2.75) is 31.9 Å². The molecule has 3 rings (SSSR count). The zero-order chi connectivity index (χ0) is 14.1. The maximum atomic E-state index is 12.6. The lowest BCUT2D eigenvalue weighted by Gasteiger charge is -2.36. The van der Waals surface area contributed by atoms with Gasteiger partial charge in [0.1, 0.15) is 6.10 Å². The van der Waals surface area contributed by atoms with E-state index in [0.717, 1.165) is 19.4 Å². The number of carbonyl (C=O) groups is 1. The molecule has 0 aliphatic carbocycles. The summed E-state index contributed by atoms with van der Waals surface area (Å²) in [7, 11) is 0. The third-order valence-corrected chi connectivity index (χ3v) is 4.57. The van der Waals surface area contributed by atoms with Crippen LogP contribution in [0.15, 0.2) is 24.3 Å².